The van der Waals surface area contributed by atoms with Gasteiger partial charge in [0.05, 0.1) is 7.11 Å². The van der Waals surface area contributed by atoms with Crippen molar-refractivity contribution in [3.8, 4) is 5.75 Å². The fraction of sp³-hybridized carbons (Fsp3) is 0.0625. The van der Waals surface area contributed by atoms with Crippen LogP contribution in [0.3, 0.4) is 0 Å². The van der Waals surface area contributed by atoms with Crippen LogP contribution in [0.1, 0.15) is 10.5 Å². The Hall–Kier alpha value is -2.91. The van der Waals surface area contributed by atoms with Crippen molar-refractivity contribution in [2.24, 2.45) is 5.14 Å². The number of benzene rings is 2. The van der Waals surface area contributed by atoms with E-state index in [-0.39, 0.29) is 22.0 Å². The SMILES string of the molecule is COc1ccc(NC(=O)c2cc3cc(F)ccc3[nH]2)cc1S(N)(=O)=O. The second-order valence-corrected chi connectivity index (χ2v) is 6.81. The summed E-state index contributed by atoms with van der Waals surface area (Å²) in [6.07, 6.45) is 0. The molecule has 1 amide bonds. The summed E-state index contributed by atoms with van der Waals surface area (Å²) >= 11 is 0. The average Bonchev–Trinajstić information content (AvgIpc) is 2.97. The Balaban J connectivity index is 1.92. The highest BCUT2D eigenvalue weighted by Crippen LogP contribution is 2.26. The highest BCUT2D eigenvalue weighted by atomic mass is 32.2. The minimum absolute atomic E-state index is 0.0709. The molecule has 4 N–H and O–H groups in total. The normalized spacial score (nSPS) is 11.5. The van der Waals surface area contributed by atoms with Crippen LogP contribution in [0.15, 0.2) is 47.4 Å². The highest BCUT2D eigenvalue weighted by molar-refractivity contribution is 7.89. The van der Waals surface area contributed by atoms with Gasteiger partial charge in [-0.05, 0) is 42.5 Å². The Morgan fingerprint density at radius 2 is 1.96 bits per heavy atom. The van der Waals surface area contributed by atoms with Crippen molar-refractivity contribution in [3.63, 3.8) is 0 Å². The van der Waals surface area contributed by atoms with E-state index in [0.29, 0.717) is 10.9 Å². The number of rotatable bonds is 4. The van der Waals surface area contributed by atoms with Gasteiger partial charge < -0.3 is 15.0 Å². The van der Waals surface area contributed by atoms with Crippen molar-refractivity contribution in [1.82, 2.24) is 4.98 Å². The molecule has 130 valence electrons. The third kappa shape index (κ3) is 3.47. The van der Waals surface area contributed by atoms with Crippen LogP contribution in [0.2, 0.25) is 0 Å². The number of anilines is 1. The molecule has 0 aliphatic heterocycles. The monoisotopic (exact) mass is 363 g/mol. The summed E-state index contributed by atoms with van der Waals surface area (Å²) in [6, 6.07) is 9.67. The maximum absolute atomic E-state index is 13.2. The molecule has 9 heteroatoms. The number of fused-ring (bicyclic) bond motifs is 1. The Labute approximate surface area is 142 Å². The van der Waals surface area contributed by atoms with E-state index in [1.54, 1.807) is 0 Å². The first-order valence-corrected chi connectivity index (χ1v) is 8.63. The number of carbonyl (C=O) groups is 1. The number of nitrogens with two attached hydrogens (primary N) is 1. The molecule has 0 aliphatic rings. The molecular formula is C16H14FN3O4S. The van der Waals surface area contributed by atoms with Crippen LogP contribution in [0.5, 0.6) is 5.75 Å². The molecule has 25 heavy (non-hydrogen) atoms. The first-order valence-electron chi connectivity index (χ1n) is 7.08. The molecule has 0 saturated carbocycles. The lowest BCUT2D eigenvalue weighted by Gasteiger charge is -2.09. The molecule has 0 aliphatic carbocycles. The van der Waals surface area contributed by atoms with Crippen molar-refractivity contribution < 1.29 is 22.3 Å². The molecule has 0 fully saturated rings. The molecular weight excluding hydrogens is 349 g/mol. The topological polar surface area (TPSA) is 114 Å². The summed E-state index contributed by atoms with van der Waals surface area (Å²) < 4.78 is 41.4. The molecule has 3 aromatic rings. The summed E-state index contributed by atoms with van der Waals surface area (Å²) in [6.45, 7) is 0. The Kier molecular flexibility index (Phi) is 4.19. The van der Waals surface area contributed by atoms with Crippen molar-refractivity contribution in [1.29, 1.82) is 0 Å². The van der Waals surface area contributed by atoms with E-state index in [2.05, 4.69) is 10.3 Å². The van der Waals surface area contributed by atoms with E-state index in [0.717, 1.165) is 0 Å². The van der Waals surface area contributed by atoms with E-state index in [4.69, 9.17) is 9.88 Å². The summed E-state index contributed by atoms with van der Waals surface area (Å²) in [5.74, 6) is -0.852. The fourth-order valence-electron chi connectivity index (χ4n) is 2.40. The van der Waals surface area contributed by atoms with Crippen LogP contribution >= 0.6 is 0 Å². The van der Waals surface area contributed by atoms with Gasteiger partial charge in [-0.15, -0.1) is 0 Å². The zero-order valence-electron chi connectivity index (χ0n) is 13.0. The first-order chi connectivity index (χ1) is 11.8. The van der Waals surface area contributed by atoms with Crippen molar-refractivity contribution in [2.45, 2.75) is 4.90 Å². The number of sulfonamides is 1. The van der Waals surface area contributed by atoms with Crippen molar-refractivity contribution in [2.75, 3.05) is 12.4 Å². The van der Waals surface area contributed by atoms with Gasteiger partial charge in [0.25, 0.3) is 5.91 Å². The van der Waals surface area contributed by atoms with Gasteiger partial charge >= 0.3 is 0 Å². The predicted molar refractivity (Wildman–Crippen MR) is 90.6 cm³/mol. The van der Waals surface area contributed by atoms with Gasteiger partial charge in [0.1, 0.15) is 22.2 Å². The molecule has 0 radical (unpaired) electrons. The molecule has 0 unspecified atom stereocenters. The summed E-state index contributed by atoms with van der Waals surface area (Å²) in [5, 5.41) is 8.25. The van der Waals surface area contributed by atoms with Gasteiger partial charge in [-0.25, -0.2) is 17.9 Å². The number of H-pyrrole nitrogens is 1. The average molecular weight is 363 g/mol. The lowest BCUT2D eigenvalue weighted by atomic mass is 10.2. The Bertz CT molecular complexity index is 1080. The largest absolute Gasteiger partial charge is 0.495 e. The van der Waals surface area contributed by atoms with Crippen LogP contribution in [0, 0.1) is 5.82 Å². The van der Waals surface area contributed by atoms with E-state index >= 15 is 0 Å². The van der Waals surface area contributed by atoms with Gasteiger partial charge in [0.2, 0.25) is 10.0 Å². The number of hydrogen-bond donors (Lipinski definition) is 3. The maximum atomic E-state index is 13.2. The number of methoxy groups -OCH3 is 1. The van der Waals surface area contributed by atoms with Crippen molar-refractivity contribution in [3.05, 3.63) is 54.0 Å². The minimum Gasteiger partial charge on any atom is -0.495 e. The third-order valence-electron chi connectivity index (χ3n) is 3.56. The number of halogens is 1. The molecule has 1 aromatic heterocycles. The van der Waals surface area contributed by atoms with Gasteiger partial charge in [-0.2, -0.15) is 0 Å². The molecule has 7 nitrogen and oxygen atoms in total. The molecule has 2 aromatic carbocycles. The number of hydrogen-bond acceptors (Lipinski definition) is 4. The zero-order valence-corrected chi connectivity index (χ0v) is 13.9. The number of aromatic nitrogens is 1. The number of aromatic amines is 1. The first kappa shape index (κ1) is 16.9. The molecule has 0 saturated heterocycles. The second kappa shape index (κ2) is 6.19. The van der Waals surface area contributed by atoms with Crippen LogP contribution in [0.25, 0.3) is 10.9 Å². The van der Waals surface area contributed by atoms with Crippen LogP contribution in [0.4, 0.5) is 10.1 Å². The van der Waals surface area contributed by atoms with Gasteiger partial charge in [0.15, 0.2) is 0 Å². The maximum Gasteiger partial charge on any atom is 0.272 e. The molecule has 0 atom stereocenters. The molecule has 0 spiro atoms. The lowest BCUT2D eigenvalue weighted by Crippen LogP contribution is -2.16. The predicted octanol–water partition coefficient (Wildman–Crippen LogP) is 2.22. The third-order valence-corrected chi connectivity index (χ3v) is 4.49. The van der Waals surface area contributed by atoms with E-state index in [1.165, 1.54) is 49.6 Å². The van der Waals surface area contributed by atoms with E-state index in [1.807, 2.05) is 0 Å². The van der Waals surface area contributed by atoms with Crippen LogP contribution in [-0.2, 0) is 10.0 Å². The number of amides is 1. The second-order valence-electron chi connectivity index (χ2n) is 5.28. The van der Waals surface area contributed by atoms with Gasteiger partial charge in [0, 0.05) is 16.6 Å². The van der Waals surface area contributed by atoms with Crippen molar-refractivity contribution >= 4 is 32.5 Å². The van der Waals surface area contributed by atoms with E-state index < -0.39 is 21.7 Å². The number of primary sulfonamides is 1. The lowest BCUT2D eigenvalue weighted by molar-refractivity contribution is 0.102. The minimum atomic E-state index is -4.02. The summed E-state index contributed by atoms with van der Waals surface area (Å²) in [7, 11) is -2.71. The van der Waals surface area contributed by atoms with Crippen LogP contribution in [-0.4, -0.2) is 26.4 Å². The zero-order chi connectivity index (χ0) is 18.2. The Morgan fingerprint density at radius 1 is 1.20 bits per heavy atom. The molecule has 3 rings (SSSR count). The number of ether oxygens (including phenoxy) is 1. The Morgan fingerprint density at radius 3 is 2.64 bits per heavy atom. The van der Waals surface area contributed by atoms with Crippen LogP contribution < -0.4 is 15.2 Å². The molecule has 0 bridgehead atoms. The highest BCUT2D eigenvalue weighted by Gasteiger charge is 2.17. The standard InChI is InChI=1S/C16H14FN3O4S/c1-24-14-5-3-11(8-15(14)25(18,22)23)19-16(21)13-7-9-6-10(17)2-4-12(9)20-13/h2-8,20H,1H3,(H,19,21)(H2,18,22,23). The van der Waals surface area contributed by atoms with Gasteiger partial charge in [-0.1, -0.05) is 0 Å². The quantitative estimate of drug-likeness (QED) is 0.659. The van der Waals surface area contributed by atoms with Gasteiger partial charge in [-0.3, -0.25) is 4.79 Å². The van der Waals surface area contributed by atoms with E-state index in [9.17, 15) is 17.6 Å². The smallest absolute Gasteiger partial charge is 0.272 e. The fourth-order valence-corrected chi connectivity index (χ4v) is 3.12. The molecule has 1 heterocycles. The summed E-state index contributed by atoms with van der Waals surface area (Å²) in [5.41, 5.74) is 1.03. The number of nitrogens with one attached hydrogen (secondary N) is 2. The number of carbonyl (C=O) groups excluding carboxylic acids is 1. The summed E-state index contributed by atoms with van der Waals surface area (Å²) in [4.78, 5) is 15.0.